The number of fused-ring (bicyclic) bond motifs is 2. The number of benzene rings is 3. The van der Waals surface area contributed by atoms with Crippen LogP contribution in [0.25, 0.3) is 55.7 Å². The van der Waals surface area contributed by atoms with Crippen LogP contribution in [0.1, 0.15) is 10.4 Å². The molecule has 1 amide bonds. The summed E-state index contributed by atoms with van der Waals surface area (Å²) in [5.41, 5.74) is 7.39. The fourth-order valence-corrected chi connectivity index (χ4v) is 5.00. The van der Waals surface area contributed by atoms with Crippen molar-refractivity contribution >= 4 is 33.5 Å². The Bertz CT molecular complexity index is 2080. The lowest BCUT2D eigenvalue weighted by molar-refractivity contribution is 0.102. The summed E-state index contributed by atoms with van der Waals surface area (Å²) in [4.78, 5) is 26.3. The van der Waals surface area contributed by atoms with E-state index in [1.807, 2.05) is 60.1 Å². The highest BCUT2D eigenvalue weighted by Crippen LogP contribution is 2.34. The van der Waals surface area contributed by atoms with Gasteiger partial charge in [-0.1, -0.05) is 36.4 Å². The normalized spacial score (nSPS) is 11.3. The van der Waals surface area contributed by atoms with Crippen LogP contribution in [-0.4, -0.2) is 35.6 Å². The molecule has 0 spiro atoms. The Morgan fingerprint density at radius 3 is 2.56 bits per heavy atom. The fraction of sp³-hybridized carbons (Fsp3) is 0.0312. The summed E-state index contributed by atoms with van der Waals surface area (Å²) >= 11 is 0. The number of hydrogen-bond donors (Lipinski definition) is 2. The van der Waals surface area contributed by atoms with E-state index in [1.54, 1.807) is 43.0 Å². The van der Waals surface area contributed by atoms with Gasteiger partial charge in [0.2, 0.25) is 0 Å². The van der Waals surface area contributed by atoms with Crippen LogP contribution >= 0.6 is 0 Å². The molecule has 0 aliphatic carbocycles. The van der Waals surface area contributed by atoms with Crippen molar-refractivity contribution in [3.63, 3.8) is 0 Å². The largest absolute Gasteiger partial charge is 0.324 e. The summed E-state index contributed by atoms with van der Waals surface area (Å²) in [6.45, 7) is 0. The molecule has 4 heterocycles. The monoisotopic (exact) mass is 539 g/mol. The lowest BCUT2D eigenvalue weighted by atomic mass is 10.0. The summed E-state index contributed by atoms with van der Waals surface area (Å²) in [5, 5.41) is 11.5. The third-order valence-corrected chi connectivity index (χ3v) is 7.07. The van der Waals surface area contributed by atoms with Crippen molar-refractivity contribution in [2.75, 3.05) is 5.32 Å². The molecule has 8 nitrogen and oxygen atoms in total. The molecule has 0 atom stereocenters. The number of aromatic amines is 1. The highest BCUT2D eigenvalue weighted by atomic mass is 19.1. The van der Waals surface area contributed by atoms with Crippen molar-refractivity contribution in [2.24, 2.45) is 7.05 Å². The highest BCUT2D eigenvalue weighted by Gasteiger charge is 2.19. The number of hydrogen-bond acceptors (Lipinski definition) is 5. The second-order valence-electron chi connectivity index (χ2n) is 9.67. The molecular weight excluding hydrogens is 517 g/mol. The van der Waals surface area contributed by atoms with Gasteiger partial charge in [0.15, 0.2) is 5.82 Å². The van der Waals surface area contributed by atoms with E-state index in [0.717, 1.165) is 33.1 Å². The molecule has 0 aliphatic rings. The van der Waals surface area contributed by atoms with E-state index < -0.39 is 0 Å². The van der Waals surface area contributed by atoms with Crippen LogP contribution in [0.15, 0.2) is 104 Å². The van der Waals surface area contributed by atoms with Crippen LogP contribution in [0.3, 0.4) is 0 Å². The van der Waals surface area contributed by atoms with Gasteiger partial charge in [0, 0.05) is 41.5 Å². The first kappa shape index (κ1) is 24.3. The van der Waals surface area contributed by atoms with Crippen LogP contribution < -0.4 is 5.32 Å². The molecule has 0 saturated heterocycles. The minimum absolute atomic E-state index is 0.203. The molecule has 3 aromatic carbocycles. The number of nitrogens with zero attached hydrogens (tertiary/aromatic N) is 5. The second-order valence-corrected chi connectivity index (χ2v) is 9.67. The van der Waals surface area contributed by atoms with Gasteiger partial charge in [-0.15, -0.1) is 0 Å². The molecule has 0 aliphatic heterocycles. The maximum Gasteiger partial charge on any atom is 0.255 e. The number of halogens is 1. The SMILES string of the molecule is Cn1c(-c2n[nH]c3ccc(-c4cncc(NC(=O)c5ccccc5)c4)cc23)nc2c(-c3cccc(F)c3)cncc21. The predicted molar refractivity (Wildman–Crippen MR) is 157 cm³/mol. The van der Waals surface area contributed by atoms with E-state index in [-0.39, 0.29) is 11.7 Å². The number of rotatable bonds is 5. The van der Waals surface area contributed by atoms with E-state index in [0.29, 0.717) is 33.8 Å². The Morgan fingerprint density at radius 1 is 0.854 bits per heavy atom. The number of carbonyl (C=O) groups is 1. The van der Waals surface area contributed by atoms with Crippen molar-refractivity contribution in [1.29, 1.82) is 0 Å². The van der Waals surface area contributed by atoms with Crippen LogP contribution in [0.5, 0.6) is 0 Å². The zero-order valence-electron chi connectivity index (χ0n) is 21.8. The summed E-state index contributed by atoms with van der Waals surface area (Å²) in [6, 6.07) is 23.3. The number of amides is 1. The number of imidazole rings is 1. The van der Waals surface area contributed by atoms with E-state index in [1.165, 1.54) is 12.1 Å². The molecular formula is C32H22FN7O. The van der Waals surface area contributed by atoms with E-state index >= 15 is 0 Å². The predicted octanol–water partition coefficient (Wildman–Crippen LogP) is 6.63. The average molecular weight is 540 g/mol. The molecule has 0 fully saturated rings. The van der Waals surface area contributed by atoms with Crippen LogP contribution in [0.4, 0.5) is 10.1 Å². The maximum atomic E-state index is 14.0. The zero-order valence-corrected chi connectivity index (χ0v) is 21.8. The number of pyridine rings is 2. The summed E-state index contributed by atoms with van der Waals surface area (Å²) in [6.07, 6.45) is 6.82. The molecule has 0 saturated carbocycles. The first-order valence-electron chi connectivity index (χ1n) is 12.9. The van der Waals surface area contributed by atoms with E-state index in [9.17, 15) is 9.18 Å². The molecule has 9 heteroatoms. The quantitative estimate of drug-likeness (QED) is 0.256. The van der Waals surface area contributed by atoms with Gasteiger partial charge in [0.05, 0.1) is 29.1 Å². The van der Waals surface area contributed by atoms with Crippen LogP contribution in [0.2, 0.25) is 0 Å². The number of aryl methyl sites for hydroxylation is 1. The maximum absolute atomic E-state index is 14.0. The number of nitrogens with one attached hydrogen (secondary N) is 2. The van der Waals surface area contributed by atoms with Crippen molar-refractivity contribution < 1.29 is 9.18 Å². The fourth-order valence-electron chi connectivity index (χ4n) is 5.00. The average Bonchev–Trinajstić information content (AvgIpc) is 3.58. The number of aromatic nitrogens is 6. The van der Waals surface area contributed by atoms with Gasteiger partial charge >= 0.3 is 0 Å². The molecule has 4 aromatic heterocycles. The van der Waals surface area contributed by atoms with Crippen molar-refractivity contribution in [2.45, 2.75) is 0 Å². The minimum Gasteiger partial charge on any atom is -0.324 e. The summed E-state index contributed by atoms with van der Waals surface area (Å²) in [7, 11) is 1.91. The smallest absolute Gasteiger partial charge is 0.255 e. The third kappa shape index (κ3) is 4.39. The highest BCUT2D eigenvalue weighted by molar-refractivity contribution is 6.04. The first-order valence-corrected chi connectivity index (χ1v) is 12.9. The number of carbonyl (C=O) groups excluding carboxylic acids is 1. The van der Waals surface area contributed by atoms with Gasteiger partial charge in [-0.3, -0.25) is 19.9 Å². The summed E-state index contributed by atoms with van der Waals surface area (Å²) < 4.78 is 15.9. The molecule has 0 unspecified atom stereocenters. The van der Waals surface area contributed by atoms with Gasteiger partial charge < -0.3 is 9.88 Å². The molecule has 198 valence electrons. The number of H-pyrrole nitrogens is 1. The Kier molecular flexibility index (Phi) is 5.82. The van der Waals surface area contributed by atoms with E-state index in [2.05, 4.69) is 25.5 Å². The van der Waals surface area contributed by atoms with Crippen molar-refractivity contribution in [1.82, 2.24) is 29.7 Å². The third-order valence-electron chi connectivity index (χ3n) is 7.07. The lowest BCUT2D eigenvalue weighted by Crippen LogP contribution is -2.11. The minimum atomic E-state index is -0.320. The first-order chi connectivity index (χ1) is 20.0. The molecule has 41 heavy (non-hydrogen) atoms. The van der Waals surface area contributed by atoms with Crippen LogP contribution in [-0.2, 0) is 7.05 Å². The second kappa shape index (κ2) is 9.80. The molecule has 0 bridgehead atoms. The lowest BCUT2D eigenvalue weighted by Gasteiger charge is -2.08. The Morgan fingerprint density at radius 2 is 1.71 bits per heavy atom. The Balaban J connectivity index is 1.28. The topological polar surface area (TPSA) is 101 Å². The van der Waals surface area contributed by atoms with Gasteiger partial charge in [-0.25, -0.2) is 9.37 Å². The van der Waals surface area contributed by atoms with E-state index in [4.69, 9.17) is 4.98 Å². The summed E-state index contributed by atoms with van der Waals surface area (Å²) in [5.74, 6) is 0.127. The van der Waals surface area contributed by atoms with Crippen molar-refractivity contribution in [3.8, 4) is 33.8 Å². The zero-order chi connectivity index (χ0) is 27.9. The van der Waals surface area contributed by atoms with Gasteiger partial charge in [-0.05, 0) is 53.6 Å². The molecule has 0 radical (unpaired) electrons. The van der Waals surface area contributed by atoms with Gasteiger partial charge in [0.25, 0.3) is 5.91 Å². The standard InChI is InChI=1S/C32H22FN7O/c1-40-28-18-35-17-26(21-8-5-9-23(33)12-21)29(28)37-31(40)30-25-14-20(10-11-27(25)38-39-30)22-13-24(16-34-15-22)36-32(41)19-6-3-2-4-7-19/h2-18H,1H3,(H,36,41)(H,38,39). The number of anilines is 1. The Hall–Kier alpha value is -5.70. The van der Waals surface area contributed by atoms with Crippen LogP contribution in [0, 0.1) is 5.82 Å². The van der Waals surface area contributed by atoms with Crippen molar-refractivity contribution in [3.05, 3.63) is 115 Å². The van der Waals surface area contributed by atoms with Gasteiger partial charge in [-0.2, -0.15) is 5.10 Å². The van der Waals surface area contributed by atoms with Gasteiger partial charge in [0.1, 0.15) is 17.0 Å². The molecule has 2 N–H and O–H groups in total. The molecule has 7 aromatic rings. The molecule has 7 rings (SSSR count). The Labute approximate surface area is 233 Å².